The molecule has 0 bridgehead atoms. The smallest absolute Gasteiger partial charge is 0.335 e. The third-order valence-electron chi connectivity index (χ3n) is 4.10. The standard InChI is InChI=1S/C16H14O8/c17-12(18)9-3-1-2-8(4-9)10-5-11(13(19)20)7-16(6-10,14(21)22)15(23)24/h1-4,7,10H,5-6H2,(H,17,18)(H,19,20)(H,21,22)(H,23,24). The van der Waals surface area contributed by atoms with Gasteiger partial charge in [0.1, 0.15) is 0 Å². The Kier molecular flexibility index (Phi) is 4.41. The van der Waals surface area contributed by atoms with Gasteiger partial charge in [-0.15, -0.1) is 0 Å². The lowest BCUT2D eigenvalue weighted by molar-refractivity contribution is -0.161. The molecule has 0 amide bonds. The normalized spacial score (nSPS) is 19.2. The van der Waals surface area contributed by atoms with E-state index in [1.54, 1.807) is 0 Å². The van der Waals surface area contributed by atoms with Crippen LogP contribution in [-0.4, -0.2) is 44.3 Å². The molecule has 0 aliphatic heterocycles. The molecule has 8 nitrogen and oxygen atoms in total. The van der Waals surface area contributed by atoms with Gasteiger partial charge in [-0.25, -0.2) is 9.59 Å². The van der Waals surface area contributed by atoms with E-state index in [-0.39, 0.29) is 24.0 Å². The van der Waals surface area contributed by atoms with Gasteiger partial charge < -0.3 is 20.4 Å². The molecular formula is C16H14O8. The SMILES string of the molecule is O=C(O)C1=CC(C(=O)O)(C(=O)O)CC(c2cccc(C(=O)O)c2)C1. The molecule has 1 atom stereocenters. The van der Waals surface area contributed by atoms with Gasteiger partial charge in [-0.3, -0.25) is 9.59 Å². The van der Waals surface area contributed by atoms with Gasteiger partial charge in [0.05, 0.1) is 5.56 Å². The minimum absolute atomic E-state index is 0.0461. The summed E-state index contributed by atoms with van der Waals surface area (Å²) in [6.45, 7) is 0. The number of hydrogen-bond acceptors (Lipinski definition) is 4. The summed E-state index contributed by atoms with van der Waals surface area (Å²) in [6.07, 6.45) is 0.315. The van der Waals surface area contributed by atoms with Crippen LogP contribution in [0.5, 0.6) is 0 Å². The van der Waals surface area contributed by atoms with E-state index < -0.39 is 35.2 Å². The fraction of sp³-hybridized carbons (Fsp3) is 0.250. The fourth-order valence-electron chi connectivity index (χ4n) is 2.84. The summed E-state index contributed by atoms with van der Waals surface area (Å²) in [5, 5.41) is 36.9. The molecule has 24 heavy (non-hydrogen) atoms. The molecule has 1 unspecified atom stereocenters. The zero-order chi connectivity index (χ0) is 18.1. The lowest BCUT2D eigenvalue weighted by atomic mass is 9.69. The van der Waals surface area contributed by atoms with E-state index in [9.17, 15) is 34.5 Å². The molecule has 2 rings (SSSR count). The third kappa shape index (κ3) is 2.98. The van der Waals surface area contributed by atoms with Gasteiger partial charge in [0, 0.05) is 5.57 Å². The fourth-order valence-corrected chi connectivity index (χ4v) is 2.84. The zero-order valence-corrected chi connectivity index (χ0v) is 12.3. The van der Waals surface area contributed by atoms with Crippen LogP contribution in [0.15, 0.2) is 35.9 Å². The number of carboxylic acid groups (broad SMARTS) is 4. The molecule has 4 N–H and O–H groups in total. The Bertz CT molecular complexity index is 747. The maximum atomic E-state index is 11.5. The van der Waals surface area contributed by atoms with E-state index in [1.807, 2.05) is 0 Å². The van der Waals surface area contributed by atoms with Crippen LogP contribution < -0.4 is 0 Å². The summed E-state index contributed by atoms with van der Waals surface area (Å²) in [5.74, 6) is -6.65. The first-order valence-electron chi connectivity index (χ1n) is 6.92. The van der Waals surface area contributed by atoms with Crippen molar-refractivity contribution >= 4 is 23.9 Å². The molecule has 0 aromatic heterocycles. The highest BCUT2D eigenvalue weighted by molar-refractivity contribution is 6.03. The Hall–Kier alpha value is -3.16. The number of benzene rings is 1. The lowest BCUT2D eigenvalue weighted by Crippen LogP contribution is -2.42. The number of carbonyl (C=O) groups is 4. The second-order valence-corrected chi connectivity index (χ2v) is 5.59. The van der Waals surface area contributed by atoms with Crippen molar-refractivity contribution in [3.05, 3.63) is 47.0 Å². The minimum Gasteiger partial charge on any atom is -0.480 e. The first-order chi connectivity index (χ1) is 11.2. The van der Waals surface area contributed by atoms with Gasteiger partial charge in [-0.05, 0) is 42.5 Å². The van der Waals surface area contributed by atoms with Crippen molar-refractivity contribution in [1.82, 2.24) is 0 Å². The summed E-state index contributed by atoms with van der Waals surface area (Å²) < 4.78 is 0. The van der Waals surface area contributed by atoms with Gasteiger partial charge in [0.2, 0.25) is 0 Å². The molecule has 1 aliphatic carbocycles. The molecule has 1 aliphatic rings. The van der Waals surface area contributed by atoms with E-state index in [2.05, 4.69) is 0 Å². The van der Waals surface area contributed by atoms with Crippen LogP contribution in [-0.2, 0) is 14.4 Å². The predicted molar refractivity (Wildman–Crippen MR) is 78.8 cm³/mol. The second kappa shape index (κ2) is 6.15. The van der Waals surface area contributed by atoms with E-state index in [1.165, 1.54) is 24.3 Å². The van der Waals surface area contributed by atoms with Gasteiger partial charge >= 0.3 is 23.9 Å². The highest BCUT2D eigenvalue weighted by Crippen LogP contribution is 2.43. The molecule has 0 radical (unpaired) electrons. The molecule has 0 saturated heterocycles. The van der Waals surface area contributed by atoms with Crippen molar-refractivity contribution < 1.29 is 39.6 Å². The topological polar surface area (TPSA) is 149 Å². The highest BCUT2D eigenvalue weighted by Gasteiger charge is 2.50. The predicted octanol–water partition coefficient (Wildman–Crippen LogP) is 1.43. The largest absolute Gasteiger partial charge is 0.480 e. The third-order valence-corrected chi connectivity index (χ3v) is 4.10. The molecule has 1 aromatic rings. The summed E-state index contributed by atoms with van der Waals surface area (Å²) >= 11 is 0. The van der Waals surface area contributed by atoms with Crippen molar-refractivity contribution in [3.63, 3.8) is 0 Å². The monoisotopic (exact) mass is 334 g/mol. The number of aromatic carboxylic acids is 1. The van der Waals surface area contributed by atoms with Crippen LogP contribution in [0.2, 0.25) is 0 Å². The average molecular weight is 334 g/mol. The summed E-state index contributed by atoms with van der Waals surface area (Å²) in [5.41, 5.74) is -2.35. The zero-order valence-electron chi connectivity index (χ0n) is 12.3. The molecule has 8 heteroatoms. The molecule has 0 spiro atoms. The maximum Gasteiger partial charge on any atom is 0.335 e. The molecule has 0 fully saturated rings. The summed E-state index contributed by atoms with van der Waals surface area (Å²) in [6, 6.07) is 5.60. The van der Waals surface area contributed by atoms with Crippen LogP contribution in [0.1, 0.15) is 34.7 Å². The number of carboxylic acids is 4. The first kappa shape index (κ1) is 17.2. The van der Waals surface area contributed by atoms with Crippen LogP contribution in [0.4, 0.5) is 0 Å². The lowest BCUT2D eigenvalue weighted by Gasteiger charge is -2.32. The van der Waals surface area contributed by atoms with Gasteiger partial charge in [0.15, 0.2) is 5.41 Å². The molecule has 126 valence electrons. The van der Waals surface area contributed by atoms with Crippen LogP contribution in [0.3, 0.4) is 0 Å². The van der Waals surface area contributed by atoms with Crippen LogP contribution in [0.25, 0.3) is 0 Å². The maximum absolute atomic E-state index is 11.5. The molecular weight excluding hydrogens is 320 g/mol. The Labute approximate surface area is 135 Å². The first-order valence-corrected chi connectivity index (χ1v) is 6.92. The summed E-state index contributed by atoms with van der Waals surface area (Å²) in [4.78, 5) is 45.4. The Morgan fingerprint density at radius 3 is 2.08 bits per heavy atom. The van der Waals surface area contributed by atoms with E-state index in [4.69, 9.17) is 5.11 Å². The van der Waals surface area contributed by atoms with Crippen molar-refractivity contribution in [1.29, 1.82) is 0 Å². The van der Waals surface area contributed by atoms with Crippen molar-refractivity contribution in [3.8, 4) is 0 Å². The van der Waals surface area contributed by atoms with Crippen molar-refractivity contribution in [2.75, 3.05) is 0 Å². The van der Waals surface area contributed by atoms with Gasteiger partial charge in [-0.1, -0.05) is 12.1 Å². The quantitative estimate of drug-likeness (QED) is 0.591. The van der Waals surface area contributed by atoms with Crippen LogP contribution >= 0.6 is 0 Å². The van der Waals surface area contributed by atoms with Crippen molar-refractivity contribution in [2.45, 2.75) is 18.8 Å². The van der Waals surface area contributed by atoms with Crippen LogP contribution in [0, 0.1) is 5.41 Å². The van der Waals surface area contributed by atoms with Gasteiger partial charge in [-0.2, -0.15) is 0 Å². The minimum atomic E-state index is -2.37. The molecule has 0 saturated carbocycles. The number of aliphatic carboxylic acids is 3. The van der Waals surface area contributed by atoms with Gasteiger partial charge in [0.25, 0.3) is 0 Å². The van der Waals surface area contributed by atoms with E-state index in [0.717, 1.165) is 6.08 Å². The van der Waals surface area contributed by atoms with Crippen molar-refractivity contribution in [2.24, 2.45) is 5.41 Å². The van der Waals surface area contributed by atoms with E-state index in [0.29, 0.717) is 5.56 Å². The Morgan fingerprint density at radius 2 is 1.58 bits per heavy atom. The number of hydrogen-bond donors (Lipinski definition) is 4. The van der Waals surface area contributed by atoms with E-state index >= 15 is 0 Å². The summed E-state index contributed by atoms with van der Waals surface area (Å²) in [7, 11) is 0. The Morgan fingerprint density at radius 1 is 0.958 bits per heavy atom. The molecule has 0 heterocycles. The number of rotatable bonds is 5. The molecule has 1 aromatic carbocycles. The average Bonchev–Trinajstić information content (AvgIpc) is 2.53. The highest BCUT2D eigenvalue weighted by atomic mass is 16.4. The second-order valence-electron chi connectivity index (χ2n) is 5.59. The Balaban J connectivity index is 2.54.